The second kappa shape index (κ2) is 9.71. The average Bonchev–Trinajstić information content (AvgIpc) is 2.70. The van der Waals surface area contributed by atoms with Gasteiger partial charge in [-0.15, -0.1) is 0 Å². The van der Waals surface area contributed by atoms with Gasteiger partial charge in [-0.1, -0.05) is 35.5 Å². The molecule has 0 spiro atoms. The van der Waals surface area contributed by atoms with Gasteiger partial charge in [0.1, 0.15) is 0 Å². The van der Waals surface area contributed by atoms with E-state index in [0.29, 0.717) is 0 Å². The minimum atomic E-state index is -0.653. The van der Waals surface area contributed by atoms with Crippen LogP contribution in [-0.4, -0.2) is 44.9 Å². The molecule has 0 bridgehead atoms. The second-order valence-electron chi connectivity index (χ2n) is 5.25. The molecule has 8 nitrogen and oxygen atoms in total. The number of rotatable bonds is 7. The van der Waals surface area contributed by atoms with Gasteiger partial charge in [-0.05, 0) is 23.8 Å². The van der Waals surface area contributed by atoms with Crippen molar-refractivity contribution in [2.45, 2.75) is 0 Å². The van der Waals surface area contributed by atoms with E-state index in [1.54, 1.807) is 0 Å². The van der Waals surface area contributed by atoms with Gasteiger partial charge < -0.3 is 19.6 Å². The summed E-state index contributed by atoms with van der Waals surface area (Å²) in [4.78, 5) is 40.4. The average molecular weight is 370 g/mol. The Balaban J connectivity index is 2.02. The van der Waals surface area contributed by atoms with Gasteiger partial charge in [0.25, 0.3) is 5.91 Å². The van der Waals surface area contributed by atoms with Crippen molar-refractivity contribution in [1.82, 2.24) is 0 Å². The zero-order valence-electron chi connectivity index (χ0n) is 14.8. The highest BCUT2D eigenvalue weighted by Crippen LogP contribution is 2.17. The predicted octanol–water partition coefficient (Wildman–Crippen LogP) is 2.25. The highest BCUT2D eigenvalue weighted by Gasteiger charge is 2.15. The molecular weight excluding hydrogens is 352 g/mol. The topological polar surface area (TPSA) is 103 Å². The number of methoxy groups -OCH3 is 2. The van der Waals surface area contributed by atoms with Crippen LogP contribution in [0.2, 0.25) is 0 Å². The molecule has 0 saturated carbocycles. The monoisotopic (exact) mass is 370 g/mol. The molecule has 1 N–H and O–H groups in total. The molecule has 0 aromatic heterocycles. The van der Waals surface area contributed by atoms with Crippen LogP contribution in [0.3, 0.4) is 0 Å². The number of nitrogens with one attached hydrogen (secondary N) is 1. The van der Waals surface area contributed by atoms with E-state index in [0.717, 1.165) is 5.56 Å². The number of ether oxygens (including phenoxy) is 2. The van der Waals surface area contributed by atoms with Gasteiger partial charge in [0.15, 0.2) is 6.61 Å². The lowest BCUT2D eigenvalue weighted by atomic mass is 10.1. The lowest BCUT2D eigenvalue weighted by Gasteiger charge is -2.09. The van der Waals surface area contributed by atoms with Crippen molar-refractivity contribution in [1.29, 1.82) is 0 Å². The van der Waals surface area contributed by atoms with Gasteiger partial charge in [0.2, 0.25) is 0 Å². The van der Waals surface area contributed by atoms with Crippen LogP contribution >= 0.6 is 0 Å². The first kappa shape index (κ1) is 19.6. The van der Waals surface area contributed by atoms with E-state index in [1.165, 1.54) is 38.6 Å². The Labute approximate surface area is 155 Å². The van der Waals surface area contributed by atoms with Crippen molar-refractivity contribution in [3.63, 3.8) is 0 Å². The van der Waals surface area contributed by atoms with Crippen LogP contribution in [0.4, 0.5) is 5.69 Å². The van der Waals surface area contributed by atoms with Gasteiger partial charge in [-0.3, -0.25) is 4.79 Å². The molecule has 140 valence electrons. The summed E-state index contributed by atoms with van der Waals surface area (Å²) in [5.74, 6) is -1.82. The number of anilines is 1. The van der Waals surface area contributed by atoms with Crippen LogP contribution in [0.5, 0.6) is 0 Å². The fraction of sp³-hybridized carbons (Fsp3) is 0.158. The third-order valence-electron chi connectivity index (χ3n) is 3.33. The third-order valence-corrected chi connectivity index (χ3v) is 3.33. The van der Waals surface area contributed by atoms with Gasteiger partial charge in [-0.25, -0.2) is 9.59 Å². The van der Waals surface area contributed by atoms with Crippen molar-refractivity contribution in [2.75, 3.05) is 26.1 Å². The number of oxime groups is 1. The normalized spacial score (nSPS) is 10.3. The number of carbonyl (C=O) groups is 3. The van der Waals surface area contributed by atoms with E-state index < -0.39 is 17.8 Å². The molecule has 0 aliphatic carbocycles. The summed E-state index contributed by atoms with van der Waals surface area (Å²) in [6.45, 7) is -0.348. The summed E-state index contributed by atoms with van der Waals surface area (Å²) in [7, 11) is 2.42. The SMILES string of the molecule is COC(=O)c1cc(NC(=O)CO/N=C\c2ccccc2)cc(C(=O)OC)c1. The van der Waals surface area contributed by atoms with Gasteiger partial charge in [-0.2, -0.15) is 0 Å². The van der Waals surface area contributed by atoms with E-state index in [1.807, 2.05) is 30.3 Å². The molecule has 2 rings (SSSR count). The Morgan fingerprint density at radius 2 is 1.56 bits per heavy atom. The van der Waals surface area contributed by atoms with Crippen molar-refractivity contribution in [3.8, 4) is 0 Å². The Morgan fingerprint density at radius 3 is 2.11 bits per heavy atom. The molecule has 0 atom stereocenters. The highest BCUT2D eigenvalue weighted by atomic mass is 16.6. The number of esters is 2. The Bertz CT molecular complexity index is 814. The minimum absolute atomic E-state index is 0.0960. The maximum atomic E-state index is 12.0. The molecule has 0 unspecified atom stereocenters. The second-order valence-corrected chi connectivity index (χ2v) is 5.25. The first-order chi connectivity index (χ1) is 13.0. The molecule has 2 aromatic carbocycles. The summed E-state index contributed by atoms with van der Waals surface area (Å²) in [5.41, 5.74) is 1.24. The molecule has 27 heavy (non-hydrogen) atoms. The number of benzene rings is 2. The van der Waals surface area contributed by atoms with Gasteiger partial charge in [0, 0.05) is 5.69 Å². The molecule has 2 aromatic rings. The predicted molar refractivity (Wildman–Crippen MR) is 97.7 cm³/mol. The number of amides is 1. The molecule has 0 heterocycles. The summed E-state index contributed by atoms with van der Waals surface area (Å²) in [6, 6.07) is 13.3. The van der Waals surface area contributed by atoms with Crippen molar-refractivity contribution >= 4 is 29.7 Å². The number of nitrogens with zero attached hydrogens (tertiary/aromatic N) is 1. The number of carbonyl (C=O) groups excluding carboxylic acids is 3. The Hall–Kier alpha value is -3.68. The lowest BCUT2D eigenvalue weighted by Crippen LogP contribution is -2.18. The molecule has 0 saturated heterocycles. The molecule has 0 fully saturated rings. The molecule has 0 aliphatic rings. The standard InChI is InChI=1S/C19H18N2O6/c1-25-18(23)14-8-15(19(24)26-2)10-16(9-14)21-17(22)12-27-20-11-13-6-4-3-5-7-13/h3-11H,12H2,1-2H3,(H,21,22)/b20-11-. The first-order valence-electron chi connectivity index (χ1n) is 7.85. The van der Waals surface area contributed by atoms with Crippen LogP contribution in [0.25, 0.3) is 0 Å². The third kappa shape index (κ3) is 5.96. The highest BCUT2D eigenvalue weighted by molar-refractivity contribution is 5.99. The zero-order chi connectivity index (χ0) is 19.6. The van der Waals surface area contributed by atoms with E-state index in [-0.39, 0.29) is 23.4 Å². The summed E-state index contributed by atoms with van der Waals surface area (Å²) >= 11 is 0. The lowest BCUT2D eigenvalue weighted by molar-refractivity contribution is -0.120. The largest absolute Gasteiger partial charge is 0.465 e. The molecular formula is C19H18N2O6. The molecule has 1 amide bonds. The van der Waals surface area contributed by atoms with Crippen LogP contribution in [-0.2, 0) is 19.1 Å². The first-order valence-corrected chi connectivity index (χ1v) is 7.85. The van der Waals surface area contributed by atoms with Gasteiger partial charge >= 0.3 is 11.9 Å². The van der Waals surface area contributed by atoms with Gasteiger partial charge in [0.05, 0.1) is 31.6 Å². The molecule has 8 heteroatoms. The summed E-state index contributed by atoms with van der Waals surface area (Å²) in [5, 5.41) is 6.23. The van der Waals surface area contributed by atoms with E-state index in [4.69, 9.17) is 4.84 Å². The Morgan fingerprint density at radius 1 is 0.963 bits per heavy atom. The van der Waals surface area contributed by atoms with E-state index in [2.05, 4.69) is 19.9 Å². The Kier molecular flexibility index (Phi) is 7.07. The van der Waals surface area contributed by atoms with Crippen molar-refractivity contribution in [3.05, 3.63) is 65.2 Å². The molecule has 0 aliphatic heterocycles. The van der Waals surface area contributed by atoms with E-state index >= 15 is 0 Å². The van der Waals surface area contributed by atoms with Crippen LogP contribution < -0.4 is 5.32 Å². The number of hydrogen-bond donors (Lipinski definition) is 1. The summed E-state index contributed by atoms with van der Waals surface area (Å²) in [6.07, 6.45) is 1.47. The smallest absolute Gasteiger partial charge is 0.337 e. The van der Waals surface area contributed by atoms with Crippen LogP contribution in [0.15, 0.2) is 53.7 Å². The van der Waals surface area contributed by atoms with Crippen molar-refractivity contribution in [2.24, 2.45) is 5.16 Å². The zero-order valence-corrected chi connectivity index (χ0v) is 14.8. The maximum Gasteiger partial charge on any atom is 0.337 e. The number of hydrogen-bond acceptors (Lipinski definition) is 7. The summed E-state index contributed by atoms with van der Waals surface area (Å²) < 4.78 is 9.28. The maximum absolute atomic E-state index is 12.0. The van der Waals surface area contributed by atoms with E-state index in [9.17, 15) is 14.4 Å². The van der Waals surface area contributed by atoms with Crippen LogP contribution in [0, 0.1) is 0 Å². The van der Waals surface area contributed by atoms with Crippen LogP contribution in [0.1, 0.15) is 26.3 Å². The fourth-order valence-corrected chi connectivity index (χ4v) is 2.10. The fourth-order valence-electron chi connectivity index (χ4n) is 2.10. The van der Waals surface area contributed by atoms with Crippen molar-refractivity contribution < 1.29 is 28.7 Å². The molecule has 0 radical (unpaired) electrons. The quantitative estimate of drug-likeness (QED) is 0.455. The minimum Gasteiger partial charge on any atom is -0.465 e.